The van der Waals surface area contributed by atoms with Gasteiger partial charge in [0.25, 0.3) is 0 Å². The van der Waals surface area contributed by atoms with E-state index in [1.165, 1.54) is 0 Å². The van der Waals surface area contributed by atoms with Crippen molar-refractivity contribution in [3.05, 3.63) is 34.9 Å². The van der Waals surface area contributed by atoms with Crippen LogP contribution in [-0.2, 0) is 4.79 Å². The predicted octanol–water partition coefficient (Wildman–Crippen LogP) is 3.17. The first-order chi connectivity index (χ1) is 8.47. The minimum atomic E-state index is -0.186. The van der Waals surface area contributed by atoms with Crippen LogP contribution in [0.1, 0.15) is 32.4 Å². The molecule has 0 aliphatic carbocycles. The Morgan fingerprint density at radius 1 is 1.32 bits per heavy atom. The molecule has 5 heteroatoms. The number of nitrogens with two attached hydrogens (primary N) is 1. The van der Waals surface area contributed by atoms with Gasteiger partial charge in [-0.2, -0.15) is 0 Å². The maximum absolute atomic E-state index is 11.9. The molecule has 2 atom stereocenters. The molecular weight excluding hydrogens is 283 g/mol. The van der Waals surface area contributed by atoms with Gasteiger partial charge in [0.05, 0.1) is 6.04 Å². The Labute approximate surface area is 126 Å². The Morgan fingerprint density at radius 2 is 1.89 bits per heavy atom. The highest BCUT2D eigenvalue weighted by Crippen LogP contribution is 2.28. The first-order valence-corrected chi connectivity index (χ1v) is 6.60. The molecule has 0 radical (unpaired) electrons. The van der Waals surface area contributed by atoms with Gasteiger partial charge in [-0.3, -0.25) is 4.79 Å². The smallest absolute Gasteiger partial charge is 0.224 e. The summed E-state index contributed by atoms with van der Waals surface area (Å²) in [4.78, 5) is 11.9. The molecule has 0 saturated heterocycles. The lowest BCUT2D eigenvalue weighted by Gasteiger charge is -2.25. The van der Waals surface area contributed by atoms with Crippen molar-refractivity contribution in [1.29, 1.82) is 0 Å². The molecule has 0 heterocycles. The van der Waals surface area contributed by atoms with E-state index in [1.54, 1.807) is 0 Å². The Morgan fingerprint density at radius 3 is 2.37 bits per heavy atom. The summed E-state index contributed by atoms with van der Waals surface area (Å²) in [5.41, 5.74) is 6.46. The number of carbonyl (C=O) groups is 1. The molecule has 3 nitrogen and oxygen atoms in total. The molecule has 108 valence electrons. The predicted molar refractivity (Wildman–Crippen MR) is 82.6 cm³/mol. The Bertz CT molecular complexity index is 410. The van der Waals surface area contributed by atoms with Crippen LogP contribution in [0.3, 0.4) is 0 Å². The molecule has 2 unspecified atom stereocenters. The van der Waals surface area contributed by atoms with Gasteiger partial charge in [0.1, 0.15) is 0 Å². The molecule has 3 N–H and O–H groups in total. The largest absolute Gasteiger partial charge is 0.349 e. The van der Waals surface area contributed by atoms with Crippen molar-refractivity contribution in [2.75, 3.05) is 6.54 Å². The molecule has 1 aromatic rings. The van der Waals surface area contributed by atoms with Crippen LogP contribution in [0.25, 0.3) is 0 Å². The summed E-state index contributed by atoms with van der Waals surface area (Å²) >= 11 is 6.18. The number of halogens is 2. The standard InChI is InChI=1S/C14H21ClN2O.ClH/c1-9(2)13(17-14(18)10(3)8-16)11-6-4-5-7-12(11)15;/h4-7,9-10,13H,8,16H2,1-3H3,(H,17,18);1H. The van der Waals surface area contributed by atoms with E-state index < -0.39 is 0 Å². The average Bonchev–Trinajstić information content (AvgIpc) is 2.35. The number of nitrogens with one attached hydrogen (secondary N) is 1. The quantitative estimate of drug-likeness (QED) is 0.878. The summed E-state index contributed by atoms with van der Waals surface area (Å²) in [6.45, 7) is 6.28. The van der Waals surface area contributed by atoms with Crippen molar-refractivity contribution in [2.45, 2.75) is 26.8 Å². The summed E-state index contributed by atoms with van der Waals surface area (Å²) in [6, 6.07) is 7.51. The minimum Gasteiger partial charge on any atom is -0.349 e. The van der Waals surface area contributed by atoms with Crippen LogP contribution < -0.4 is 11.1 Å². The summed E-state index contributed by atoms with van der Waals surface area (Å²) < 4.78 is 0. The second-order valence-electron chi connectivity index (χ2n) is 4.89. The maximum Gasteiger partial charge on any atom is 0.224 e. The highest BCUT2D eigenvalue weighted by atomic mass is 35.5. The third kappa shape index (κ3) is 5.01. The van der Waals surface area contributed by atoms with E-state index in [-0.39, 0.29) is 36.2 Å². The van der Waals surface area contributed by atoms with E-state index in [0.29, 0.717) is 11.6 Å². The van der Waals surface area contributed by atoms with Gasteiger partial charge in [0, 0.05) is 17.5 Å². The number of hydrogen-bond donors (Lipinski definition) is 2. The molecule has 0 aliphatic rings. The van der Waals surface area contributed by atoms with Crippen LogP contribution in [0.5, 0.6) is 0 Å². The van der Waals surface area contributed by atoms with Gasteiger partial charge in [-0.1, -0.05) is 50.6 Å². The summed E-state index contributed by atoms with van der Waals surface area (Å²) in [6.07, 6.45) is 0. The second kappa shape index (κ2) is 8.41. The minimum absolute atomic E-state index is 0. The zero-order valence-electron chi connectivity index (χ0n) is 11.5. The lowest BCUT2D eigenvalue weighted by atomic mass is 9.95. The van der Waals surface area contributed by atoms with E-state index in [1.807, 2.05) is 31.2 Å². The van der Waals surface area contributed by atoms with Crippen LogP contribution in [-0.4, -0.2) is 12.5 Å². The fraction of sp³-hybridized carbons (Fsp3) is 0.500. The second-order valence-corrected chi connectivity index (χ2v) is 5.30. The lowest BCUT2D eigenvalue weighted by Crippen LogP contribution is -2.38. The van der Waals surface area contributed by atoms with Crippen molar-refractivity contribution in [1.82, 2.24) is 5.32 Å². The van der Waals surface area contributed by atoms with Crippen LogP contribution in [0.2, 0.25) is 5.02 Å². The molecular formula is C14H22Cl2N2O. The van der Waals surface area contributed by atoms with Crippen molar-refractivity contribution < 1.29 is 4.79 Å². The molecule has 1 amide bonds. The number of rotatable bonds is 5. The van der Waals surface area contributed by atoms with Crippen LogP contribution in [0.4, 0.5) is 0 Å². The molecule has 1 aromatic carbocycles. The third-order valence-corrected chi connectivity index (χ3v) is 3.35. The normalized spacial score (nSPS) is 13.6. The number of carbonyl (C=O) groups excluding carboxylic acids is 1. The molecule has 0 fully saturated rings. The first kappa shape index (κ1) is 18.2. The zero-order valence-corrected chi connectivity index (χ0v) is 13.1. The van der Waals surface area contributed by atoms with Gasteiger partial charge >= 0.3 is 0 Å². The van der Waals surface area contributed by atoms with E-state index in [0.717, 1.165) is 5.56 Å². The van der Waals surface area contributed by atoms with E-state index in [9.17, 15) is 4.79 Å². The summed E-state index contributed by atoms with van der Waals surface area (Å²) in [5, 5.41) is 3.70. The Kier molecular flexibility index (Phi) is 8.07. The van der Waals surface area contributed by atoms with Crippen LogP contribution >= 0.6 is 24.0 Å². The fourth-order valence-electron chi connectivity index (χ4n) is 1.73. The molecule has 0 aliphatic heterocycles. The van der Waals surface area contributed by atoms with Gasteiger partial charge in [0.15, 0.2) is 0 Å². The van der Waals surface area contributed by atoms with Gasteiger partial charge in [-0.25, -0.2) is 0 Å². The Hall–Kier alpha value is -0.770. The molecule has 0 saturated carbocycles. The highest BCUT2D eigenvalue weighted by Gasteiger charge is 2.22. The van der Waals surface area contributed by atoms with Gasteiger partial charge in [0.2, 0.25) is 5.91 Å². The first-order valence-electron chi connectivity index (χ1n) is 6.22. The highest BCUT2D eigenvalue weighted by molar-refractivity contribution is 6.31. The van der Waals surface area contributed by atoms with E-state index in [2.05, 4.69) is 19.2 Å². The van der Waals surface area contributed by atoms with E-state index in [4.69, 9.17) is 17.3 Å². The van der Waals surface area contributed by atoms with Crippen LogP contribution in [0.15, 0.2) is 24.3 Å². The zero-order chi connectivity index (χ0) is 13.7. The molecule has 0 spiro atoms. The van der Waals surface area contributed by atoms with E-state index >= 15 is 0 Å². The molecule has 1 rings (SSSR count). The number of hydrogen-bond acceptors (Lipinski definition) is 2. The fourth-order valence-corrected chi connectivity index (χ4v) is 1.99. The number of amides is 1. The monoisotopic (exact) mass is 304 g/mol. The summed E-state index contributed by atoms with van der Waals surface area (Å²) in [5.74, 6) is 0.0451. The average molecular weight is 305 g/mol. The van der Waals surface area contributed by atoms with Crippen LogP contribution in [0, 0.1) is 11.8 Å². The third-order valence-electron chi connectivity index (χ3n) is 3.01. The van der Waals surface area contributed by atoms with Gasteiger partial charge < -0.3 is 11.1 Å². The SMILES string of the molecule is CC(CN)C(=O)NC(c1ccccc1Cl)C(C)C.Cl. The number of benzene rings is 1. The maximum atomic E-state index is 11.9. The molecule has 0 bridgehead atoms. The topological polar surface area (TPSA) is 55.1 Å². The lowest BCUT2D eigenvalue weighted by molar-refractivity contribution is -0.125. The van der Waals surface area contributed by atoms with Crippen molar-refractivity contribution in [3.63, 3.8) is 0 Å². The molecule has 0 aromatic heterocycles. The summed E-state index contributed by atoms with van der Waals surface area (Å²) in [7, 11) is 0. The van der Waals surface area contributed by atoms with Gasteiger partial charge in [-0.15, -0.1) is 12.4 Å². The Balaban J connectivity index is 0.00000324. The van der Waals surface area contributed by atoms with Crippen molar-refractivity contribution in [2.24, 2.45) is 17.6 Å². The van der Waals surface area contributed by atoms with Gasteiger partial charge in [-0.05, 0) is 17.5 Å². The van der Waals surface area contributed by atoms with Crippen molar-refractivity contribution in [3.8, 4) is 0 Å². The molecule has 19 heavy (non-hydrogen) atoms. The van der Waals surface area contributed by atoms with Crippen molar-refractivity contribution >= 4 is 29.9 Å².